The molecule has 0 aliphatic rings. The van der Waals surface area contributed by atoms with Crippen LogP contribution < -0.4 is 10.1 Å². The van der Waals surface area contributed by atoms with Crippen LogP contribution in [-0.4, -0.2) is 18.2 Å². The zero-order valence-electron chi connectivity index (χ0n) is 13.3. The molecule has 0 bridgehead atoms. The van der Waals surface area contributed by atoms with E-state index in [9.17, 15) is 9.18 Å². The Morgan fingerprint density at radius 2 is 2.00 bits per heavy atom. The van der Waals surface area contributed by atoms with E-state index in [1.54, 1.807) is 30.3 Å². The van der Waals surface area contributed by atoms with Crippen molar-refractivity contribution >= 4 is 17.5 Å². The van der Waals surface area contributed by atoms with Gasteiger partial charge in [0.15, 0.2) is 23.0 Å². The quantitative estimate of drug-likeness (QED) is 0.744. The third kappa shape index (κ3) is 3.97. The average molecular weight is 361 g/mol. The Bertz CT molecular complexity index is 894. The van der Waals surface area contributed by atoms with Crippen molar-refractivity contribution in [3.05, 3.63) is 70.6 Å². The molecule has 0 aliphatic carbocycles. The fourth-order valence-corrected chi connectivity index (χ4v) is 2.35. The van der Waals surface area contributed by atoms with Crippen molar-refractivity contribution in [2.24, 2.45) is 0 Å². The normalized spacial score (nSPS) is 10.5. The first kappa shape index (κ1) is 17.0. The number of amides is 1. The van der Waals surface area contributed by atoms with Crippen LogP contribution in [0, 0.1) is 5.82 Å². The predicted molar refractivity (Wildman–Crippen MR) is 91.1 cm³/mol. The second-order valence-corrected chi connectivity index (χ2v) is 5.67. The molecule has 1 amide bonds. The number of nitrogens with zero attached hydrogens (tertiary/aromatic N) is 1. The number of hydrogen-bond acceptors (Lipinski definition) is 4. The van der Waals surface area contributed by atoms with Crippen LogP contribution in [0.2, 0.25) is 5.02 Å². The van der Waals surface area contributed by atoms with Crippen LogP contribution in [0.15, 0.2) is 53.1 Å². The number of carbonyl (C=O) groups is 1. The molecule has 128 valence electrons. The molecule has 25 heavy (non-hydrogen) atoms. The van der Waals surface area contributed by atoms with Gasteiger partial charge in [-0.15, -0.1) is 0 Å². The maximum absolute atomic E-state index is 13.6. The first-order valence-electron chi connectivity index (χ1n) is 7.40. The zero-order valence-corrected chi connectivity index (χ0v) is 14.0. The molecule has 0 saturated carbocycles. The molecular weight excluding hydrogens is 347 g/mol. The van der Waals surface area contributed by atoms with Crippen LogP contribution in [-0.2, 0) is 6.54 Å². The fraction of sp³-hybridized carbons (Fsp3) is 0.111. The van der Waals surface area contributed by atoms with Crippen LogP contribution in [0.4, 0.5) is 4.39 Å². The van der Waals surface area contributed by atoms with Crippen molar-refractivity contribution in [1.29, 1.82) is 0 Å². The molecular formula is C18H14ClFN2O3. The standard InChI is InChI=1S/C18H14ClFN2O3/c1-24-16-7-2-11(8-14(16)20)10-21-18(23)15-9-17(25-22-15)12-3-5-13(19)6-4-12/h2-9H,10H2,1H3,(H,21,23). The van der Waals surface area contributed by atoms with Gasteiger partial charge in [-0.25, -0.2) is 4.39 Å². The lowest BCUT2D eigenvalue weighted by atomic mass is 10.1. The van der Waals surface area contributed by atoms with Gasteiger partial charge in [0, 0.05) is 23.2 Å². The molecule has 1 aromatic heterocycles. The minimum absolute atomic E-state index is 0.138. The molecule has 1 N–H and O–H groups in total. The number of halogens is 2. The number of aromatic nitrogens is 1. The smallest absolute Gasteiger partial charge is 0.273 e. The molecule has 0 saturated heterocycles. The Morgan fingerprint density at radius 1 is 1.24 bits per heavy atom. The summed E-state index contributed by atoms with van der Waals surface area (Å²) < 4.78 is 23.7. The van der Waals surface area contributed by atoms with Crippen molar-refractivity contribution in [3.8, 4) is 17.1 Å². The zero-order chi connectivity index (χ0) is 17.8. The molecule has 1 heterocycles. The third-order valence-electron chi connectivity index (χ3n) is 3.54. The topological polar surface area (TPSA) is 64.4 Å². The van der Waals surface area contributed by atoms with Crippen molar-refractivity contribution in [2.75, 3.05) is 7.11 Å². The van der Waals surface area contributed by atoms with E-state index in [2.05, 4.69) is 10.5 Å². The number of benzene rings is 2. The summed E-state index contributed by atoms with van der Waals surface area (Å²) in [5.74, 6) is -0.294. The van der Waals surface area contributed by atoms with Crippen molar-refractivity contribution in [1.82, 2.24) is 10.5 Å². The van der Waals surface area contributed by atoms with Crippen LogP contribution in [0.5, 0.6) is 5.75 Å². The Kier molecular flexibility index (Phi) is 5.00. The summed E-state index contributed by atoms with van der Waals surface area (Å²) in [6, 6.07) is 13.0. The highest BCUT2D eigenvalue weighted by atomic mass is 35.5. The Balaban J connectivity index is 1.66. The van der Waals surface area contributed by atoms with Crippen LogP contribution in [0.25, 0.3) is 11.3 Å². The number of carbonyl (C=O) groups excluding carboxylic acids is 1. The molecule has 3 rings (SSSR count). The van der Waals surface area contributed by atoms with E-state index >= 15 is 0 Å². The SMILES string of the molecule is COc1ccc(CNC(=O)c2cc(-c3ccc(Cl)cc3)on2)cc1F. The lowest BCUT2D eigenvalue weighted by Gasteiger charge is -2.06. The van der Waals surface area contributed by atoms with E-state index in [1.807, 2.05) is 0 Å². The summed E-state index contributed by atoms with van der Waals surface area (Å²) in [7, 11) is 1.39. The van der Waals surface area contributed by atoms with Gasteiger partial charge in [0.25, 0.3) is 5.91 Å². The molecule has 0 atom stereocenters. The molecule has 2 aromatic carbocycles. The van der Waals surface area contributed by atoms with E-state index in [1.165, 1.54) is 25.3 Å². The number of methoxy groups -OCH3 is 1. The van der Waals surface area contributed by atoms with Crippen LogP contribution >= 0.6 is 11.6 Å². The van der Waals surface area contributed by atoms with Gasteiger partial charge < -0.3 is 14.6 Å². The van der Waals surface area contributed by atoms with E-state index in [4.69, 9.17) is 20.9 Å². The van der Waals surface area contributed by atoms with Gasteiger partial charge in [-0.05, 0) is 42.0 Å². The minimum atomic E-state index is -0.485. The number of rotatable bonds is 5. The van der Waals surface area contributed by atoms with E-state index in [0.29, 0.717) is 16.3 Å². The molecule has 0 fully saturated rings. The Hall–Kier alpha value is -2.86. The van der Waals surface area contributed by atoms with Crippen LogP contribution in [0.3, 0.4) is 0 Å². The highest BCUT2D eigenvalue weighted by molar-refractivity contribution is 6.30. The summed E-state index contributed by atoms with van der Waals surface area (Å²) in [6.45, 7) is 0.156. The third-order valence-corrected chi connectivity index (χ3v) is 3.79. The van der Waals surface area contributed by atoms with Crippen LogP contribution in [0.1, 0.15) is 16.1 Å². The molecule has 7 heteroatoms. The van der Waals surface area contributed by atoms with E-state index in [-0.39, 0.29) is 18.0 Å². The van der Waals surface area contributed by atoms with Gasteiger partial charge >= 0.3 is 0 Å². The minimum Gasteiger partial charge on any atom is -0.494 e. The van der Waals surface area contributed by atoms with Crippen molar-refractivity contribution < 1.29 is 18.4 Å². The summed E-state index contributed by atoms with van der Waals surface area (Å²) in [4.78, 5) is 12.2. The van der Waals surface area contributed by atoms with E-state index < -0.39 is 11.7 Å². The van der Waals surface area contributed by atoms with E-state index in [0.717, 1.165) is 5.56 Å². The van der Waals surface area contributed by atoms with Crippen molar-refractivity contribution in [2.45, 2.75) is 6.54 Å². The second-order valence-electron chi connectivity index (χ2n) is 5.23. The van der Waals surface area contributed by atoms with Gasteiger partial charge in [-0.3, -0.25) is 4.79 Å². The molecule has 0 spiro atoms. The maximum Gasteiger partial charge on any atom is 0.273 e. The summed E-state index contributed by atoms with van der Waals surface area (Å²) in [5.41, 5.74) is 1.50. The molecule has 3 aromatic rings. The number of nitrogens with one attached hydrogen (secondary N) is 1. The van der Waals surface area contributed by atoms with Crippen molar-refractivity contribution in [3.63, 3.8) is 0 Å². The largest absolute Gasteiger partial charge is 0.494 e. The van der Waals surface area contributed by atoms with Gasteiger partial charge in [0.2, 0.25) is 0 Å². The highest BCUT2D eigenvalue weighted by Gasteiger charge is 2.14. The molecule has 5 nitrogen and oxygen atoms in total. The molecule has 0 unspecified atom stereocenters. The summed E-state index contributed by atoms with van der Waals surface area (Å²) >= 11 is 5.84. The summed E-state index contributed by atoms with van der Waals surface area (Å²) in [6.07, 6.45) is 0. The highest BCUT2D eigenvalue weighted by Crippen LogP contribution is 2.22. The maximum atomic E-state index is 13.6. The first-order valence-corrected chi connectivity index (χ1v) is 7.78. The lowest BCUT2D eigenvalue weighted by molar-refractivity contribution is 0.0942. The number of hydrogen-bond donors (Lipinski definition) is 1. The van der Waals surface area contributed by atoms with Gasteiger partial charge in [-0.2, -0.15) is 0 Å². The predicted octanol–water partition coefficient (Wildman–Crippen LogP) is 4.07. The monoisotopic (exact) mass is 360 g/mol. The fourth-order valence-electron chi connectivity index (χ4n) is 2.23. The first-order chi connectivity index (χ1) is 12.1. The van der Waals surface area contributed by atoms with Gasteiger partial charge in [0.1, 0.15) is 0 Å². The Labute approximate surface area is 148 Å². The average Bonchev–Trinajstić information content (AvgIpc) is 3.10. The summed E-state index contributed by atoms with van der Waals surface area (Å²) in [5, 5.41) is 7.03. The second kappa shape index (κ2) is 7.36. The van der Waals surface area contributed by atoms with Gasteiger partial charge in [-0.1, -0.05) is 22.8 Å². The Morgan fingerprint density at radius 3 is 2.68 bits per heavy atom. The number of ether oxygens (including phenoxy) is 1. The molecule has 0 aliphatic heterocycles. The lowest BCUT2D eigenvalue weighted by Crippen LogP contribution is -2.23. The molecule has 0 radical (unpaired) electrons. The van der Waals surface area contributed by atoms with Gasteiger partial charge in [0.05, 0.1) is 7.11 Å².